The van der Waals surface area contributed by atoms with Gasteiger partial charge in [-0.15, -0.1) is 0 Å². The van der Waals surface area contributed by atoms with Crippen molar-refractivity contribution in [3.8, 4) is 5.69 Å². The van der Waals surface area contributed by atoms with E-state index in [4.69, 9.17) is 4.99 Å². The summed E-state index contributed by atoms with van der Waals surface area (Å²) in [7, 11) is 0. The minimum Gasteiger partial charge on any atom is -0.283 e. The monoisotopic (exact) mass is 478 g/mol. The van der Waals surface area contributed by atoms with Crippen LogP contribution in [0.1, 0.15) is 50.1 Å². The largest absolute Gasteiger partial charge is 0.283 e. The van der Waals surface area contributed by atoms with Gasteiger partial charge >= 0.3 is 0 Å². The Hall–Kier alpha value is -2.86. The molecule has 0 saturated heterocycles. The topological polar surface area (TPSA) is 43.1 Å². The molecule has 0 aliphatic heterocycles. The zero-order valence-corrected chi connectivity index (χ0v) is 19.2. The maximum atomic E-state index is 13.4. The van der Waals surface area contributed by atoms with Crippen LogP contribution in [0.5, 0.6) is 0 Å². The van der Waals surface area contributed by atoms with Gasteiger partial charge in [-0.05, 0) is 77.7 Å². The highest BCUT2D eigenvalue weighted by Crippen LogP contribution is 2.32. The predicted molar refractivity (Wildman–Crippen MR) is 128 cm³/mol. The van der Waals surface area contributed by atoms with Gasteiger partial charge in [-0.2, -0.15) is 5.10 Å². The molecule has 2 aromatic heterocycles. The SMILES string of the molecule is CCC1=Cc2c(cnn2-c2ccc(F)cc2)C(C(CC)=NCc2cccc(Br)n2)=CC1. The van der Waals surface area contributed by atoms with E-state index in [1.807, 2.05) is 29.1 Å². The summed E-state index contributed by atoms with van der Waals surface area (Å²) in [5.41, 5.74) is 7.29. The second kappa shape index (κ2) is 9.52. The van der Waals surface area contributed by atoms with E-state index in [1.165, 1.54) is 17.7 Å². The minimum absolute atomic E-state index is 0.256. The molecule has 1 aliphatic carbocycles. The molecule has 31 heavy (non-hydrogen) atoms. The summed E-state index contributed by atoms with van der Waals surface area (Å²) in [4.78, 5) is 9.41. The summed E-state index contributed by atoms with van der Waals surface area (Å²) in [5, 5.41) is 4.64. The first kappa shape index (κ1) is 21.4. The quantitative estimate of drug-likeness (QED) is 0.288. The zero-order valence-electron chi connectivity index (χ0n) is 17.6. The van der Waals surface area contributed by atoms with Crippen molar-refractivity contribution in [2.45, 2.75) is 39.7 Å². The second-order valence-electron chi connectivity index (χ2n) is 7.38. The number of rotatable bonds is 6. The number of benzene rings is 1. The normalized spacial score (nSPS) is 14.0. The maximum absolute atomic E-state index is 13.4. The van der Waals surface area contributed by atoms with Crippen LogP contribution >= 0.6 is 15.9 Å². The maximum Gasteiger partial charge on any atom is 0.123 e. The summed E-state index contributed by atoms with van der Waals surface area (Å²) in [6.45, 7) is 4.81. The van der Waals surface area contributed by atoms with Crippen molar-refractivity contribution in [3.05, 3.63) is 87.7 Å². The molecule has 3 aromatic rings. The predicted octanol–water partition coefficient (Wildman–Crippen LogP) is 6.80. The molecule has 1 aromatic carbocycles. The van der Waals surface area contributed by atoms with E-state index in [2.05, 4.69) is 52.0 Å². The van der Waals surface area contributed by atoms with E-state index in [1.54, 1.807) is 12.1 Å². The van der Waals surface area contributed by atoms with Crippen molar-refractivity contribution in [2.75, 3.05) is 0 Å². The van der Waals surface area contributed by atoms with Crippen LogP contribution < -0.4 is 0 Å². The van der Waals surface area contributed by atoms with Gasteiger partial charge in [0.1, 0.15) is 10.4 Å². The molecular formula is C25H24BrFN4. The summed E-state index contributed by atoms with van der Waals surface area (Å²) in [6, 6.07) is 12.3. The van der Waals surface area contributed by atoms with Crippen LogP contribution in [0.2, 0.25) is 0 Å². The zero-order chi connectivity index (χ0) is 21.8. The Balaban J connectivity index is 1.75. The molecule has 0 spiro atoms. The van der Waals surface area contributed by atoms with Crippen molar-refractivity contribution < 1.29 is 4.39 Å². The highest BCUT2D eigenvalue weighted by atomic mass is 79.9. The van der Waals surface area contributed by atoms with Gasteiger partial charge in [-0.25, -0.2) is 14.1 Å². The van der Waals surface area contributed by atoms with Crippen molar-refractivity contribution >= 4 is 33.3 Å². The number of aromatic nitrogens is 3. The Morgan fingerprint density at radius 3 is 2.68 bits per heavy atom. The lowest BCUT2D eigenvalue weighted by molar-refractivity contribution is 0.627. The number of hydrogen-bond donors (Lipinski definition) is 0. The van der Waals surface area contributed by atoms with Gasteiger partial charge in [-0.1, -0.05) is 31.6 Å². The van der Waals surface area contributed by atoms with Crippen molar-refractivity contribution in [3.63, 3.8) is 0 Å². The smallest absolute Gasteiger partial charge is 0.123 e. The van der Waals surface area contributed by atoms with Crippen LogP contribution in [0.15, 0.2) is 69.9 Å². The third-order valence-corrected chi connectivity index (χ3v) is 5.82. The molecule has 1 aliphatic rings. The first-order chi connectivity index (χ1) is 15.1. The number of nitrogens with zero attached hydrogens (tertiary/aromatic N) is 4. The van der Waals surface area contributed by atoms with E-state index in [0.29, 0.717) is 6.54 Å². The molecule has 0 amide bonds. The van der Waals surface area contributed by atoms with Crippen LogP contribution in [0.4, 0.5) is 4.39 Å². The Morgan fingerprint density at radius 2 is 1.97 bits per heavy atom. The molecule has 4 nitrogen and oxygen atoms in total. The van der Waals surface area contributed by atoms with E-state index < -0.39 is 0 Å². The molecular weight excluding hydrogens is 455 g/mol. The number of allylic oxidation sites excluding steroid dienone is 3. The molecule has 0 atom stereocenters. The van der Waals surface area contributed by atoms with Crippen molar-refractivity contribution in [1.29, 1.82) is 0 Å². The lowest BCUT2D eigenvalue weighted by atomic mass is 9.99. The first-order valence-corrected chi connectivity index (χ1v) is 11.3. The van der Waals surface area contributed by atoms with Crippen molar-refractivity contribution in [2.24, 2.45) is 4.99 Å². The first-order valence-electron chi connectivity index (χ1n) is 10.5. The third kappa shape index (κ3) is 4.74. The van der Waals surface area contributed by atoms with Gasteiger partial charge in [0.25, 0.3) is 0 Å². The number of fused-ring (bicyclic) bond motifs is 1. The van der Waals surface area contributed by atoms with Gasteiger partial charge in [0.15, 0.2) is 0 Å². The summed E-state index contributed by atoms with van der Waals surface area (Å²) < 4.78 is 16.1. The van der Waals surface area contributed by atoms with E-state index in [0.717, 1.165) is 57.8 Å². The molecule has 4 rings (SSSR count). The standard InChI is InChI=1S/C25H24BrFN4/c1-3-17-8-13-21(23(4-2)28-15-19-6-5-7-25(26)30-19)22-16-29-31(24(22)14-17)20-11-9-18(27)10-12-20/h5-7,9-14,16H,3-4,8,15H2,1-2H3. The van der Waals surface area contributed by atoms with E-state index in [-0.39, 0.29) is 5.82 Å². The average Bonchev–Trinajstić information content (AvgIpc) is 3.09. The lowest BCUT2D eigenvalue weighted by Crippen LogP contribution is -2.04. The van der Waals surface area contributed by atoms with Crippen LogP contribution in [-0.2, 0) is 6.54 Å². The van der Waals surface area contributed by atoms with Crippen LogP contribution in [0, 0.1) is 5.82 Å². The number of halogens is 2. The van der Waals surface area contributed by atoms with Crippen molar-refractivity contribution in [1.82, 2.24) is 14.8 Å². The Morgan fingerprint density at radius 1 is 1.16 bits per heavy atom. The molecule has 2 heterocycles. The Labute approximate surface area is 190 Å². The van der Waals surface area contributed by atoms with Gasteiger partial charge in [0.2, 0.25) is 0 Å². The van der Waals surface area contributed by atoms with Crippen LogP contribution in [-0.4, -0.2) is 20.5 Å². The minimum atomic E-state index is -0.256. The highest BCUT2D eigenvalue weighted by molar-refractivity contribution is 9.10. The van der Waals surface area contributed by atoms with Crippen LogP contribution in [0.3, 0.4) is 0 Å². The van der Waals surface area contributed by atoms with E-state index in [9.17, 15) is 4.39 Å². The second-order valence-corrected chi connectivity index (χ2v) is 8.19. The summed E-state index contributed by atoms with van der Waals surface area (Å²) >= 11 is 3.43. The van der Waals surface area contributed by atoms with E-state index >= 15 is 0 Å². The molecule has 158 valence electrons. The Bertz CT molecular complexity index is 1170. The van der Waals surface area contributed by atoms with Gasteiger partial charge < -0.3 is 0 Å². The fourth-order valence-corrected chi connectivity index (χ4v) is 4.09. The summed E-state index contributed by atoms with van der Waals surface area (Å²) in [6.07, 6.45) is 8.99. The Kier molecular flexibility index (Phi) is 6.56. The molecule has 0 bridgehead atoms. The fraction of sp³-hybridized carbons (Fsp3) is 0.240. The molecule has 0 saturated carbocycles. The van der Waals surface area contributed by atoms with Gasteiger partial charge in [0.05, 0.1) is 29.8 Å². The molecule has 0 radical (unpaired) electrons. The van der Waals surface area contributed by atoms with Crippen LogP contribution in [0.25, 0.3) is 17.3 Å². The number of pyridine rings is 1. The lowest BCUT2D eigenvalue weighted by Gasteiger charge is -2.10. The molecule has 0 N–H and O–H groups in total. The number of aliphatic imine (C=N–C) groups is 1. The molecule has 0 unspecified atom stereocenters. The summed E-state index contributed by atoms with van der Waals surface area (Å²) in [5.74, 6) is -0.256. The third-order valence-electron chi connectivity index (χ3n) is 5.38. The number of hydrogen-bond acceptors (Lipinski definition) is 3. The molecule has 0 fully saturated rings. The van der Waals surface area contributed by atoms with Gasteiger partial charge in [0, 0.05) is 16.8 Å². The average molecular weight is 479 g/mol. The van der Waals surface area contributed by atoms with Gasteiger partial charge in [-0.3, -0.25) is 4.99 Å². The molecule has 6 heteroatoms. The fourth-order valence-electron chi connectivity index (χ4n) is 3.71. The highest BCUT2D eigenvalue weighted by Gasteiger charge is 2.20.